The Kier molecular flexibility index (Phi) is 3.10. The first-order valence-electron chi connectivity index (χ1n) is 5.63. The van der Waals surface area contributed by atoms with Gasteiger partial charge in [0, 0.05) is 23.6 Å². The van der Waals surface area contributed by atoms with E-state index in [1.807, 2.05) is 6.92 Å². The fraction of sp³-hybridized carbons (Fsp3) is 0.214. The Labute approximate surface area is 105 Å². The lowest BCUT2D eigenvalue weighted by Gasteiger charge is -2.22. The highest BCUT2D eigenvalue weighted by Gasteiger charge is 2.25. The van der Waals surface area contributed by atoms with Gasteiger partial charge in [0.25, 0.3) is 5.69 Å². The summed E-state index contributed by atoms with van der Waals surface area (Å²) in [5.74, 6) is -0.238. The summed E-state index contributed by atoms with van der Waals surface area (Å²) >= 11 is 0. The van der Waals surface area contributed by atoms with E-state index in [0.29, 0.717) is 12.0 Å². The van der Waals surface area contributed by atoms with Gasteiger partial charge in [-0.25, -0.2) is 0 Å². The molecule has 2 rings (SSSR count). The predicted octanol–water partition coefficient (Wildman–Crippen LogP) is 3.15. The second-order valence-corrected chi connectivity index (χ2v) is 4.49. The lowest BCUT2D eigenvalue weighted by molar-refractivity contribution is -0.384. The van der Waals surface area contributed by atoms with Crippen molar-refractivity contribution in [3.05, 3.63) is 63.7 Å². The van der Waals surface area contributed by atoms with Crippen LogP contribution in [0.15, 0.2) is 48.1 Å². The normalized spacial score (nSPS) is 19.6. The van der Waals surface area contributed by atoms with E-state index in [4.69, 9.17) is 0 Å². The number of carbonyl (C=O) groups excluding carboxylic acids is 1. The molecular weight excluding hydrogens is 230 g/mol. The number of hydrogen-bond donors (Lipinski definition) is 0. The average molecular weight is 243 g/mol. The molecule has 0 saturated heterocycles. The van der Waals surface area contributed by atoms with Crippen molar-refractivity contribution in [2.75, 3.05) is 0 Å². The Balaban J connectivity index is 2.40. The standard InChI is InChI=1S/C14H13NO3/c1-9-6-13(10(2)14(16)7-9)11-4-3-5-12(8-11)15(17)18/h3-5,7-8,13H,2,6H2,1H3. The van der Waals surface area contributed by atoms with E-state index >= 15 is 0 Å². The van der Waals surface area contributed by atoms with E-state index in [1.54, 1.807) is 18.2 Å². The van der Waals surface area contributed by atoms with Crippen LogP contribution in [0.3, 0.4) is 0 Å². The number of hydrogen-bond acceptors (Lipinski definition) is 3. The highest BCUT2D eigenvalue weighted by molar-refractivity contribution is 6.06. The van der Waals surface area contributed by atoms with E-state index < -0.39 is 4.92 Å². The maximum absolute atomic E-state index is 11.7. The zero-order valence-electron chi connectivity index (χ0n) is 10.1. The van der Waals surface area contributed by atoms with Crippen molar-refractivity contribution < 1.29 is 9.72 Å². The van der Waals surface area contributed by atoms with Crippen LogP contribution in [0.2, 0.25) is 0 Å². The molecule has 0 bridgehead atoms. The number of carbonyl (C=O) groups is 1. The van der Waals surface area contributed by atoms with E-state index in [9.17, 15) is 14.9 Å². The highest BCUT2D eigenvalue weighted by atomic mass is 16.6. The molecule has 0 aliphatic heterocycles. The topological polar surface area (TPSA) is 60.2 Å². The summed E-state index contributed by atoms with van der Waals surface area (Å²) in [6.45, 7) is 5.68. The molecule has 18 heavy (non-hydrogen) atoms. The second-order valence-electron chi connectivity index (χ2n) is 4.49. The number of nitro groups is 1. The lowest BCUT2D eigenvalue weighted by atomic mass is 9.80. The molecule has 0 amide bonds. The maximum Gasteiger partial charge on any atom is 0.269 e. The molecule has 4 heteroatoms. The van der Waals surface area contributed by atoms with Crippen molar-refractivity contribution in [1.82, 2.24) is 0 Å². The van der Waals surface area contributed by atoms with Gasteiger partial charge in [0.05, 0.1) is 4.92 Å². The SMILES string of the molecule is C=C1C(=O)C=C(C)CC1c1cccc([N+](=O)[O-])c1. The predicted molar refractivity (Wildman–Crippen MR) is 68.4 cm³/mol. The van der Waals surface area contributed by atoms with Crippen molar-refractivity contribution in [3.8, 4) is 0 Å². The molecule has 1 atom stereocenters. The van der Waals surface area contributed by atoms with Crippen LogP contribution in [0, 0.1) is 10.1 Å². The van der Waals surface area contributed by atoms with Gasteiger partial charge in [-0.05, 0) is 25.0 Å². The third-order valence-corrected chi connectivity index (χ3v) is 3.12. The summed E-state index contributed by atoms with van der Waals surface area (Å²) in [7, 11) is 0. The number of rotatable bonds is 2. The van der Waals surface area contributed by atoms with Crippen LogP contribution in [0.5, 0.6) is 0 Å². The zero-order valence-corrected chi connectivity index (χ0v) is 10.1. The number of nitrogens with zero attached hydrogens (tertiary/aromatic N) is 1. The number of allylic oxidation sites excluding steroid dienone is 3. The Hall–Kier alpha value is -2.23. The van der Waals surface area contributed by atoms with Gasteiger partial charge in [-0.2, -0.15) is 0 Å². The van der Waals surface area contributed by atoms with Crippen LogP contribution < -0.4 is 0 Å². The van der Waals surface area contributed by atoms with Crippen molar-refractivity contribution in [3.63, 3.8) is 0 Å². The van der Waals surface area contributed by atoms with Crippen molar-refractivity contribution in [1.29, 1.82) is 0 Å². The number of ketones is 1. The minimum absolute atomic E-state index is 0.0416. The molecule has 1 aromatic carbocycles. The Morgan fingerprint density at radius 3 is 2.83 bits per heavy atom. The molecule has 0 saturated carbocycles. The summed E-state index contributed by atoms with van der Waals surface area (Å²) in [4.78, 5) is 22.0. The fourth-order valence-electron chi connectivity index (χ4n) is 2.17. The van der Waals surface area contributed by atoms with E-state index in [2.05, 4.69) is 6.58 Å². The fourth-order valence-corrected chi connectivity index (χ4v) is 2.17. The van der Waals surface area contributed by atoms with Crippen molar-refractivity contribution >= 4 is 11.5 Å². The first-order chi connectivity index (χ1) is 8.49. The van der Waals surface area contributed by atoms with Crippen LogP contribution in [0.1, 0.15) is 24.8 Å². The van der Waals surface area contributed by atoms with E-state index in [1.165, 1.54) is 12.1 Å². The Morgan fingerprint density at radius 1 is 1.44 bits per heavy atom. The van der Waals surface area contributed by atoms with Crippen LogP contribution >= 0.6 is 0 Å². The third-order valence-electron chi connectivity index (χ3n) is 3.12. The smallest absolute Gasteiger partial charge is 0.269 e. The van der Waals surface area contributed by atoms with Crippen LogP contribution in [0.4, 0.5) is 5.69 Å². The summed E-state index contributed by atoms with van der Waals surface area (Å²) < 4.78 is 0. The minimum Gasteiger partial charge on any atom is -0.290 e. The van der Waals surface area contributed by atoms with E-state index in [0.717, 1.165) is 11.1 Å². The molecule has 0 aromatic heterocycles. The van der Waals surface area contributed by atoms with Gasteiger partial charge in [-0.15, -0.1) is 0 Å². The quantitative estimate of drug-likeness (QED) is 0.455. The molecule has 0 spiro atoms. The van der Waals surface area contributed by atoms with Gasteiger partial charge in [0.1, 0.15) is 0 Å². The van der Waals surface area contributed by atoms with Gasteiger partial charge in [-0.3, -0.25) is 14.9 Å². The summed E-state index contributed by atoms with van der Waals surface area (Å²) in [6.07, 6.45) is 2.27. The molecule has 0 N–H and O–H groups in total. The average Bonchev–Trinajstić information content (AvgIpc) is 2.34. The van der Waals surface area contributed by atoms with Gasteiger partial charge in [0.15, 0.2) is 5.78 Å². The molecule has 1 aromatic rings. The summed E-state index contributed by atoms with van der Waals surface area (Å²) in [6, 6.07) is 6.40. The molecule has 0 radical (unpaired) electrons. The van der Waals surface area contributed by atoms with Crippen molar-refractivity contribution in [2.24, 2.45) is 0 Å². The van der Waals surface area contributed by atoms with Crippen LogP contribution in [0.25, 0.3) is 0 Å². The third kappa shape index (κ3) is 2.22. The van der Waals surface area contributed by atoms with E-state index in [-0.39, 0.29) is 17.4 Å². The van der Waals surface area contributed by atoms with Gasteiger partial charge < -0.3 is 0 Å². The largest absolute Gasteiger partial charge is 0.290 e. The lowest BCUT2D eigenvalue weighted by Crippen LogP contribution is -2.15. The zero-order chi connectivity index (χ0) is 13.3. The Bertz CT molecular complexity index is 572. The summed E-state index contributed by atoms with van der Waals surface area (Å²) in [5, 5.41) is 10.8. The number of benzene rings is 1. The summed E-state index contributed by atoms with van der Waals surface area (Å²) in [5.41, 5.74) is 2.29. The van der Waals surface area contributed by atoms with Gasteiger partial charge in [-0.1, -0.05) is 24.3 Å². The first-order valence-corrected chi connectivity index (χ1v) is 5.63. The molecule has 0 heterocycles. The minimum atomic E-state index is -0.431. The molecule has 0 fully saturated rings. The molecule has 1 aliphatic rings. The van der Waals surface area contributed by atoms with Crippen molar-refractivity contribution in [2.45, 2.75) is 19.3 Å². The number of nitro benzene ring substituents is 1. The molecule has 1 aliphatic carbocycles. The van der Waals surface area contributed by atoms with Crippen LogP contribution in [-0.2, 0) is 4.79 Å². The molecule has 4 nitrogen and oxygen atoms in total. The maximum atomic E-state index is 11.7. The molecule has 1 unspecified atom stereocenters. The second kappa shape index (κ2) is 4.56. The highest BCUT2D eigenvalue weighted by Crippen LogP contribution is 2.35. The molecular formula is C14H13NO3. The van der Waals surface area contributed by atoms with Gasteiger partial charge in [0.2, 0.25) is 0 Å². The molecule has 92 valence electrons. The number of non-ortho nitro benzene ring substituents is 1. The first kappa shape index (κ1) is 12.2. The van der Waals surface area contributed by atoms with Crippen LogP contribution in [-0.4, -0.2) is 10.7 Å². The monoisotopic (exact) mass is 243 g/mol. The van der Waals surface area contributed by atoms with Gasteiger partial charge >= 0.3 is 0 Å². The Morgan fingerprint density at radius 2 is 2.17 bits per heavy atom.